The number of hydrogen-bond donors (Lipinski definition) is 1. The van der Waals surface area contributed by atoms with E-state index in [1.165, 1.54) is 25.9 Å². The normalized spacial score (nSPS) is 15.2. The lowest BCUT2D eigenvalue weighted by Gasteiger charge is -2.14. The van der Waals surface area contributed by atoms with E-state index in [-0.39, 0.29) is 12.1 Å². The van der Waals surface area contributed by atoms with Gasteiger partial charge in [0.1, 0.15) is 23.5 Å². The van der Waals surface area contributed by atoms with E-state index in [2.05, 4.69) is 19.9 Å². The molecule has 2 N–H and O–H groups in total. The highest BCUT2D eigenvalue weighted by Gasteiger charge is 2.19. The maximum atomic E-state index is 5.92. The number of aryl methyl sites for hydroxylation is 2. The minimum absolute atomic E-state index is 0.261. The Kier molecular flexibility index (Phi) is 6.62. The Balaban J connectivity index is 1.43. The molecule has 4 rings (SSSR count). The van der Waals surface area contributed by atoms with Crippen molar-refractivity contribution in [3.8, 4) is 22.5 Å². The summed E-state index contributed by atoms with van der Waals surface area (Å²) in [6.07, 6.45) is 4.03. The van der Waals surface area contributed by atoms with Crippen LogP contribution < -0.4 is 15.2 Å². The number of rotatable bonds is 8. The van der Waals surface area contributed by atoms with Gasteiger partial charge in [-0.15, -0.1) is 11.3 Å². The SMILES string of the molecule is Cc1cc(N)nc(O[C@@H](C)c2nc(-c3ccnc(OCCN4CCCC4)c3)sc2C)n1. The molecule has 1 fully saturated rings. The fourth-order valence-corrected chi connectivity index (χ4v) is 4.64. The van der Waals surface area contributed by atoms with Gasteiger partial charge in [-0.1, -0.05) is 0 Å². The molecule has 9 heteroatoms. The molecule has 31 heavy (non-hydrogen) atoms. The highest BCUT2D eigenvalue weighted by Crippen LogP contribution is 2.33. The number of thiazole rings is 1. The average molecular weight is 441 g/mol. The Bertz CT molecular complexity index is 1010. The first kappa shape index (κ1) is 21.5. The first-order chi connectivity index (χ1) is 15.0. The van der Waals surface area contributed by atoms with Crippen molar-refractivity contribution in [3.63, 3.8) is 0 Å². The quantitative estimate of drug-likeness (QED) is 0.564. The molecule has 0 spiro atoms. The van der Waals surface area contributed by atoms with Crippen LogP contribution in [0.1, 0.15) is 42.1 Å². The summed E-state index contributed by atoms with van der Waals surface area (Å²) in [5.74, 6) is 1.01. The van der Waals surface area contributed by atoms with Gasteiger partial charge in [0.05, 0.1) is 5.69 Å². The van der Waals surface area contributed by atoms with Crippen LogP contribution >= 0.6 is 11.3 Å². The van der Waals surface area contributed by atoms with Crippen LogP contribution in [0.5, 0.6) is 11.9 Å². The van der Waals surface area contributed by atoms with E-state index in [1.54, 1.807) is 23.6 Å². The van der Waals surface area contributed by atoms with Gasteiger partial charge < -0.3 is 15.2 Å². The minimum Gasteiger partial charge on any atom is -0.476 e. The molecule has 8 nitrogen and oxygen atoms in total. The number of hydrogen-bond acceptors (Lipinski definition) is 9. The molecule has 0 radical (unpaired) electrons. The molecular weight excluding hydrogens is 412 g/mol. The van der Waals surface area contributed by atoms with Crippen molar-refractivity contribution < 1.29 is 9.47 Å². The van der Waals surface area contributed by atoms with Gasteiger partial charge in [0, 0.05) is 41.0 Å². The van der Waals surface area contributed by atoms with Gasteiger partial charge in [-0.05, 0) is 52.8 Å². The molecule has 0 unspecified atom stereocenters. The molecule has 0 bridgehead atoms. The van der Waals surface area contributed by atoms with Crippen LogP contribution in [0, 0.1) is 13.8 Å². The maximum absolute atomic E-state index is 5.92. The number of nitrogens with two attached hydrogens (primary N) is 1. The summed E-state index contributed by atoms with van der Waals surface area (Å²) in [4.78, 5) is 21.1. The minimum atomic E-state index is -0.302. The summed E-state index contributed by atoms with van der Waals surface area (Å²) < 4.78 is 11.8. The summed E-state index contributed by atoms with van der Waals surface area (Å²) >= 11 is 1.62. The summed E-state index contributed by atoms with van der Waals surface area (Å²) in [7, 11) is 0. The van der Waals surface area contributed by atoms with Gasteiger partial charge >= 0.3 is 6.01 Å². The first-order valence-corrected chi connectivity index (χ1v) is 11.4. The van der Waals surface area contributed by atoms with Crippen LogP contribution in [0.15, 0.2) is 24.4 Å². The second-order valence-corrected chi connectivity index (χ2v) is 8.92. The molecule has 3 aromatic heterocycles. The summed E-state index contributed by atoms with van der Waals surface area (Å²) in [5.41, 5.74) is 8.40. The Hall–Kier alpha value is -2.78. The van der Waals surface area contributed by atoms with E-state index in [0.717, 1.165) is 33.4 Å². The number of nitrogens with zero attached hydrogens (tertiary/aromatic N) is 5. The van der Waals surface area contributed by atoms with Gasteiger partial charge in [-0.3, -0.25) is 4.90 Å². The molecule has 164 valence electrons. The maximum Gasteiger partial charge on any atom is 0.319 e. The Morgan fingerprint density at radius 3 is 2.74 bits per heavy atom. The Labute approximate surface area is 186 Å². The van der Waals surface area contributed by atoms with Crippen molar-refractivity contribution in [1.29, 1.82) is 0 Å². The fourth-order valence-electron chi connectivity index (χ4n) is 3.65. The second-order valence-electron chi connectivity index (χ2n) is 7.72. The van der Waals surface area contributed by atoms with E-state index in [0.29, 0.717) is 18.3 Å². The zero-order valence-electron chi connectivity index (χ0n) is 18.2. The van der Waals surface area contributed by atoms with Crippen molar-refractivity contribution in [2.45, 2.75) is 39.7 Å². The molecule has 0 aromatic carbocycles. The van der Waals surface area contributed by atoms with Crippen LogP contribution in [-0.2, 0) is 0 Å². The molecule has 3 aromatic rings. The van der Waals surface area contributed by atoms with Crippen molar-refractivity contribution in [1.82, 2.24) is 24.8 Å². The number of ether oxygens (including phenoxy) is 2. The third-order valence-electron chi connectivity index (χ3n) is 5.19. The summed E-state index contributed by atoms with van der Waals surface area (Å²) in [6, 6.07) is 5.86. The predicted octanol–water partition coefficient (Wildman–Crippen LogP) is 3.81. The van der Waals surface area contributed by atoms with Gasteiger partial charge in [-0.25, -0.2) is 15.0 Å². The van der Waals surface area contributed by atoms with Crippen LogP contribution in [0.2, 0.25) is 0 Å². The van der Waals surface area contributed by atoms with E-state index >= 15 is 0 Å². The molecule has 0 saturated carbocycles. The number of pyridine rings is 1. The van der Waals surface area contributed by atoms with Crippen molar-refractivity contribution in [3.05, 3.63) is 40.7 Å². The van der Waals surface area contributed by atoms with E-state index in [9.17, 15) is 0 Å². The average Bonchev–Trinajstić information content (AvgIpc) is 3.37. The molecule has 1 atom stereocenters. The van der Waals surface area contributed by atoms with Crippen molar-refractivity contribution >= 4 is 17.2 Å². The van der Waals surface area contributed by atoms with Gasteiger partial charge in [-0.2, -0.15) is 4.98 Å². The molecule has 1 aliphatic rings. The Morgan fingerprint density at radius 1 is 1.16 bits per heavy atom. The molecule has 1 saturated heterocycles. The Morgan fingerprint density at radius 2 is 1.97 bits per heavy atom. The highest BCUT2D eigenvalue weighted by atomic mass is 32.1. The van der Waals surface area contributed by atoms with Crippen LogP contribution in [0.4, 0.5) is 5.82 Å². The smallest absolute Gasteiger partial charge is 0.319 e. The standard InChI is InChI=1S/C22H28N6O2S/c1-14-12-18(23)26-22(25-14)30-15(2)20-16(3)31-21(27-20)17-6-7-24-19(13-17)29-11-10-28-8-4-5-9-28/h6-7,12-13,15H,4-5,8-11H2,1-3H3,(H2,23,25,26)/t15-/m0/s1. The van der Waals surface area contributed by atoms with Crippen molar-refractivity contribution in [2.24, 2.45) is 0 Å². The highest BCUT2D eigenvalue weighted by molar-refractivity contribution is 7.15. The second kappa shape index (κ2) is 9.57. The fraction of sp³-hybridized carbons (Fsp3) is 0.455. The van der Waals surface area contributed by atoms with E-state index in [1.807, 2.05) is 32.9 Å². The first-order valence-electron chi connectivity index (χ1n) is 10.5. The number of aromatic nitrogens is 4. The van der Waals surface area contributed by atoms with E-state index < -0.39 is 0 Å². The summed E-state index contributed by atoms with van der Waals surface area (Å²) in [5, 5.41) is 0.902. The monoisotopic (exact) mass is 440 g/mol. The number of nitrogen functional groups attached to an aromatic ring is 1. The van der Waals surface area contributed by atoms with Crippen LogP contribution in [0.3, 0.4) is 0 Å². The molecule has 0 aliphatic carbocycles. The van der Waals surface area contributed by atoms with Gasteiger partial charge in [0.2, 0.25) is 5.88 Å². The molecular formula is C22H28N6O2S. The largest absolute Gasteiger partial charge is 0.476 e. The molecule has 1 aliphatic heterocycles. The van der Waals surface area contributed by atoms with Gasteiger partial charge in [0.25, 0.3) is 0 Å². The third kappa shape index (κ3) is 5.48. The predicted molar refractivity (Wildman–Crippen MR) is 121 cm³/mol. The lowest BCUT2D eigenvalue weighted by atomic mass is 10.2. The number of likely N-dealkylation sites (tertiary alicyclic amines) is 1. The summed E-state index contributed by atoms with van der Waals surface area (Å²) in [6.45, 7) is 9.74. The zero-order valence-corrected chi connectivity index (χ0v) is 19.0. The molecule has 0 amide bonds. The van der Waals surface area contributed by atoms with Crippen molar-refractivity contribution in [2.75, 3.05) is 32.0 Å². The lowest BCUT2D eigenvalue weighted by molar-refractivity contribution is 0.203. The number of anilines is 1. The lowest BCUT2D eigenvalue weighted by Crippen LogP contribution is -2.25. The van der Waals surface area contributed by atoms with Gasteiger partial charge in [0.15, 0.2) is 0 Å². The van der Waals surface area contributed by atoms with Crippen LogP contribution in [0.25, 0.3) is 10.6 Å². The third-order valence-corrected chi connectivity index (χ3v) is 6.23. The van der Waals surface area contributed by atoms with Crippen LogP contribution in [-0.4, -0.2) is 51.1 Å². The molecule has 4 heterocycles. The topological polar surface area (TPSA) is 99.3 Å². The zero-order chi connectivity index (χ0) is 21.8. The van der Waals surface area contributed by atoms with E-state index in [4.69, 9.17) is 20.2 Å².